The molecule has 0 unspecified atom stereocenters. The van der Waals surface area contributed by atoms with Crippen molar-refractivity contribution in [2.45, 2.75) is 0 Å². The highest BCUT2D eigenvalue weighted by atomic mass is 35.5. The van der Waals surface area contributed by atoms with Gasteiger partial charge in [-0.05, 0) is 47.5 Å². The molecule has 24 heavy (non-hydrogen) atoms. The van der Waals surface area contributed by atoms with E-state index >= 15 is 0 Å². The van der Waals surface area contributed by atoms with Gasteiger partial charge >= 0.3 is 0 Å². The summed E-state index contributed by atoms with van der Waals surface area (Å²) in [4.78, 5) is 13.9. The molecule has 0 aliphatic carbocycles. The third-order valence-corrected chi connectivity index (χ3v) is 3.59. The van der Waals surface area contributed by atoms with Gasteiger partial charge in [-0.3, -0.25) is 4.79 Å². The van der Waals surface area contributed by atoms with Crippen LogP contribution in [0.2, 0.25) is 5.02 Å². The standard InChI is InChI=1S/C21H20ClNO/c1-23(2)20-13-10-17(11-14-20)12-15-21(24)9-4-3-6-18-7-5-8-19(22)16-18/h3-16H,1-2H3. The van der Waals surface area contributed by atoms with Crippen LogP contribution in [-0.2, 0) is 4.79 Å². The van der Waals surface area contributed by atoms with Crippen LogP contribution < -0.4 is 4.90 Å². The highest BCUT2D eigenvalue weighted by molar-refractivity contribution is 6.30. The van der Waals surface area contributed by atoms with Crippen LogP contribution >= 0.6 is 11.6 Å². The number of carbonyl (C=O) groups is 1. The minimum absolute atomic E-state index is 0.0533. The molecule has 0 saturated heterocycles. The molecule has 0 amide bonds. The molecule has 0 aliphatic rings. The topological polar surface area (TPSA) is 20.3 Å². The van der Waals surface area contributed by atoms with Gasteiger partial charge in [0.15, 0.2) is 5.78 Å². The number of carbonyl (C=O) groups excluding carboxylic acids is 1. The van der Waals surface area contributed by atoms with Gasteiger partial charge in [-0.1, -0.05) is 60.2 Å². The molecule has 0 heterocycles. The van der Waals surface area contributed by atoms with Gasteiger partial charge in [-0.15, -0.1) is 0 Å². The average Bonchev–Trinajstić information content (AvgIpc) is 2.57. The molecule has 0 aromatic heterocycles. The van der Waals surface area contributed by atoms with E-state index in [0.29, 0.717) is 5.02 Å². The van der Waals surface area contributed by atoms with Crippen molar-refractivity contribution in [3.05, 3.63) is 89.0 Å². The van der Waals surface area contributed by atoms with Crippen molar-refractivity contribution in [1.29, 1.82) is 0 Å². The van der Waals surface area contributed by atoms with Crippen LogP contribution in [0.4, 0.5) is 5.69 Å². The van der Waals surface area contributed by atoms with Crippen LogP contribution in [0.1, 0.15) is 11.1 Å². The van der Waals surface area contributed by atoms with Crippen molar-refractivity contribution in [1.82, 2.24) is 0 Å². The molecule has 0 radical (unpaired) electrons. The minimum atomic E-state index is -0.0533. The normalized spacial score (nSPS) is 11.6. The quantitative estimate of drug-likeness (QED) is 0.529. The van der Waals surface area contributed by atoms with Crippen LogP contribution in [0.25, 0.3) is 12.2 Å². The Hall–Kier alpha value is -2.58. The van der Waals surface area contributed by atoms with Gasteiger partial charge in [0.25, 0.3) is 0 Å². The van der Waals surface area contributed by atoms with E-state index in [9.17, 15) is 4.79 Å². The van der Waals surface area contributed by atoms with Gasteiger partial charge in [0.1, 0.15) is 0 Å². The Balaban J connectivity index is 1.90. The van der Waals surface area contributed by atoms with Gasteiger partial charge in [-0.2, -0.15) is 0 Å². The summed E-state index contributed by atoms with van der Waals surface area (Å²) in [6.45, 7) is 0. The second-order valence-electron chi connectivity index (χ2n) is 5.49. The Morgan fingerprint density at radius 2 is 1.67 bits per heavy atom. The Morgan fingerprint density at radius 1 is 0.917 bits per heavy atom. The summed E-state index contributed by atoms with van der Waals surface area (Å²) in [7, 11) is 3.99. The first-order valence-corrected chi connectivity index (χ1v) is 8.02. The molecule has 122 valence electrons. The van der Waals surface area contributed by atoms with Gasteiger partial charge in [0.05, 0.1) is 0 Å². The maximum absolute atomic E-state index is 11.8. The van der Waals surface area contributed by atoms with Crippen LogP contribution in [0, 0.1) is 0 Å². The maximum Gasteiger partial charge on any atom is 0.178 e. The van der Waals surface area contributed by atoms with Crippen LogP contribution in [0.15, 0.2) is 72.8 Å². The molecule has 0 fully saturated rings. The molecule has 2 aromatic rings. The lowest BCUT2D eigenvalue weighted by molar-refractivity contribution is -0.110. The number of rotatable bonds is 6. The number of benzene rings is 2. The molecule has 2 rings (SSSR count). The molecule has 2 aromatic carbocycles. The van der Waals surface area contributed by atoms with Gasteiger partial charge in [0, 0.05) is 24.8 Å². The lowest BCUT2D eigenvalue weighted by atomic mass is 10.1. The molecule has 0 bridgehead atoms. The lowest BCUT2D eigenvalue weighted by Crippen LogP contribution is -2.07. The van der Waals surface area contributed by atoms with E-state index in [1.54, 1.807) is 12.2 Å². The minimum Gasteiger partial charge on any atom is -0.378 e. The Bertz CT molecular complexity index is 771. The summed E-state index contributed by atoms with van der Waals surface area (Å²) >= 11 is 5.92. The number of ketones is 1. The van der Waals surface area contributed by atoms with Crippen molar-refractivity contribution in [2.24, 2.45) is 0 Å². The lowest BCUT2D eigenvalue weighted by Gasteiger charge is -2.11. The summed E-state index contributed by atoms with van der Waals surface area (Å²) in [5.41, 5.74) is 3.12. The maximum atomic E-state index is 11.8. The van der Waals surface area contributed by atoms with E-state index < -0.39 is 0 Å². The Labute approximate surface area is 148 Å². The molecule has 0 atom stereocenters. The van der Waals surface area contributed by atoms with Gasteiger partial charge in [0.2, 0.25) is 0 Å². The van der Waals surface area contributed by atoms with E-state index in [0.717, 1.165) is 16.8 Å². The van der Waals surface area contributed by atoms with Crippen molar-refractivity contribution >= 4 is 35.2 Å². The second kappa shape index (κ2) is 8.90. The number of allylic oxidation sites excluding steroid dienone is 4. The van der Waals surface area contributed by atoms with Crippen molar-refractivity contribution < 1.29 is 4.79 Å². The molecule has 0 saturated carbocycles. The number of halogens is 1. The summed E-state index contributed by atoms with van der Waals surface area (Å²) in [5, 5.41) is 0.695. The third-order valence-electron chi connectivity index (χ3n) is 3.36. The smallest absolute Gasteiger partial charge is 0.178 e. The fourth-order valence-corrected chi connectivity index (χ4v) is 2.24. The monoisotopic (exact) mass is 337 g/mol. The molecular weight excluding hydrogens is 318 g/mol. The van der Waals surface area contributed by atoms with E-state index in [4.69, 9.17) is 11.6 Å². The Morgan fingerprint density at radius 3 is 2.33 bits per heavy atom. The third kappa shape index (κ3) is 5.90. The first-order chi connectivity index (χ1) is 11.5. The highest BCUT2D eigenvalue weighted by Crippen LogP contribution is 2.13. The fourth-order valence-electron chi connectivity index (χ4n) is 2.04. The summed E-state index contributed by atoms with van der Waals surface area (Å²) in [6.07, 6.45) is 10.4. The molecule has 3 heteroatoms. The predicted molar refractivity (Wildman–Crippen MR) is 104 cm³/mol. The molecule has 0 N–H and O–H groups in total. The van der Waals surface area contributed by atoms with Crippen molar-refractivity contribution in [2.75, 3.05) is 19.0 Å². The van der Waals surface area contributed by atoms with E-state index in [2.05, 4.69) is 0 Å². The zero-order chi connectivity index (χ0) is 17.4. The van der Waals surface area contributed by atoms with E-state index in [1.807, 2.05) is 85.8 Å². The summed E-state index contributed by atoms with van der Waals surface area (Å²) in [5.74, 6) is -0.0533. The fraction of sp³-hybridized carbons (Fsp3) is 0.0952. The average molecular weight is 338 g/mol. The zero-order valence-electron chi connectivity index (χ0n) is 13.8. The first-order valence-electron chi connectivity index (χ1n) is 7.64. The second-order valence-corrected chi connectivity index (χ2v) is 5.93. The number of hydrogen-bond donors (Lipinski definition) is 0. The largest absolute Gasteiger partial charge is 0.378 e. The van der Waals surface area contributed by atoms with Crippen molar-refractivity contribution in [3.63, 3.8) is 0 Å². The van der Waals surface area contributed by atoms with E-state index in [1.165, 1.54) is 6.08 Å². The first kappa shape index (κ1) is 17.8. The Kier molecular flexibility index (Phi) is 6.59. The zero-order valence-corrected chi connectivity index (χ0v) is 14.6. The molecule has 0 spiro atoms. The van der Waals surface area contributed by atoms with Gasteiger partial charge < -0.3 is 4.90 Å². The molecule has 0 aliphatic heterocycles. The van der Waals surface area contributed by atoms with Crippen LogP contribution in [0.3, 0.4) is 0 Å². The molecule has 2 nitrogen and oxygen atoms in total. The highest BCUT2D eigenvalue weighted by Gasteiger charge is 1.94. The number of anilines is 1. The number of nitrogens with zero attached hydrogens (tertiary/aromatic N) is 1. The van der Waals surface area contributed by atoms with Crippen molar-refractivity contribution in [3.8, 4) is 0 Å². The predicted octanol–water partition coefficient (Wildman–Crippen LogP) is 5.26. The van der Waals surface area contributed by atoms with Crippen LogP contribution in [0.5, 0.6) is 0 Å². The van der Waals surface area contributed by atoms with E-state index in [-0.39, 0.29) is 5.78 Å². The molecular formula is C21H20ClNO. The SMILES string of the molecule is CN(C)c1ccc(C=CC(=O)C=CC=Cc2cccc(Cl)c2)cc1. The number of hydrogen-bond acceptors (Lipinski definition) is 2. The van der Waals surface area contributed by atoms with Crippen LogP contribution in [-0.4, -0.2) is 19.9 Å². The van der Waals surface area contributed by atoms with Gasteiger partial charge in [-0.25, -0.2) is 0 Å². The summed E-state index contributed by atoms with van der Waals surface area (Å²) < 4.78 is 0. The summed E-state index contributed by atoms with van der Waals surface area (Å²) in [6, 6.07) is 15.6.